The van der Waals surface area contributed by atoms with Crippen LogP contribution in [0.15, 0.2) is 27.8 Å². The number of ether oxygens (including phenoxy) is 1. The molecule has 7 heteroatoms. The van der Waals surface area contributed by atoms with E-state index in [1.807, 2.05) is 12.1 Å². The predicted molar refractivity (Wildman–Crippen MR) is 129 cm³/mol. The summed E-state index contributed by atoms with van der Waals surface area (Å²) in [6.45, 7) is 7.11. The van der Waals surface area contributed by atoms with Crippen molar-refractivity contribution in [1.29, 1.82) is 0 Å². The first-order chi connectivity index (χ1) is 13.7. The Morgan fingerprint density at radius 1 is 1.21 bits per heavy atom. The number of nitrogens with zero attached hydrogens (tertiary/aromatic N) is 2. The fourth-order valence-electron chi connectivity index (χ4n) is 4.33. The van der Waals surface area contributed by atoms with Crippen LogP contribution in [0.4, 0.5) is 0 Å². The minimum absolute atomic E-state index is 0. The van der Waals surface area contributed by atoms with E-state index in [2.05, 4.69) is 27.4 Å². The summed E-state index contributed by atoms with van der Waals surface area (Å²) in [5.41, 5.74) is 0. The number of aliphatic imine (C=N–C) groups is 1. The zero-order valence-corrected chi connectivity index (χ0v) is 20.4. The number of rotatable bonds is 8. The summed E-state index contributed by atoms with van der Waals surface area (Å²) in [4.78, 5) is 7.41. The largest absolute Gasteiger partial charge is 0.469 e. The molecule has 0 radical (unpaired) electrons. The molecule has 1 saturated carbocycles. The number of likely N-dealkylation sites (tertiary alicyclic amines) is 1. The van der Waals surface area contributed by atoms with E-state index < -0.39 is 0 Å². The van der Waals surface area contributed by atoms with Gasteiger partial charge in [-0.1, -0.05) is 6.92 Å². The van der Waals surface area contributed by atoms with E-state index in [1.165, 1.54) is 51.6 Å². The smallest absolute Gasteiger partial charge is 0.191 e. The van der Waals surface area contributed by atoms with Gasteiger partial charge in [0, 0.05) is 32.2 Å². The summed E-state index contributed by atoms with van der Waals surface area (Å²) < 4.78 is 10.6. The van der Waals surface area contributed by atoms with Crippen LogP contribution in [0.5, 0.6) is 0 Å². The number of halogens is 1. The summed E-state index contributed by atoms with van der Waals surface area (Å²) >= 11 is 0. The molecule has 0 unspecified atom stereocenters. The third-order valence-electron chi connectivity index (χ3n) is 6.18. The lowest BCUT2D eigenvalue weighted by atomic mass is 9.88. The summed E-state index contributed by atoms with van der Waals surface area (Å²) in [7, 11) is 1.72. The molecule has 3 rings (SSSR count). The molecule has 2 heterocycles. The van der Waals surface area contributed by atoms with E-state index in [0.29, 0.717) is 19.2 Å². The summed E-state index contributed by atoms with van der Waals surface area (Å²) in [6.07, 6.45) is 10.4. The molecular formula is C22H39IN4O2. The van der Waals surface area contributed by atoms with Gasteiger partial charge in [0.1, 0.15) is 5.76 Å². The number of furan rings is 1. The predicted octanol–water partition coefficient (Wildman–Crippen LogP) is 3.66. The Morgan fingerprint density at radius 3 is 2.62 bits per heavy atom. The quantitative estimate of drug-likeness (QED) is 0.238. The third-order valence-corrected chi connectivity index (χ3v) is 6.18. The van der Waals surface area contributed by atoms with Crippen molar-refractivity contribution in [1.82, 2.24) is 15.5 Å². The Morgan fingerprint density at radius 2 is 1.97 bits per heavy atom. The SMILES string of the molecule is COCCN=C(NCCc1ccco1)NC1CCC(N2CCC(C)CC2)CC1.I. The van der Waals surface area contributed by atoms with Crippen molar-refractivity contribution in [2.24, 2.45) is 10.9 Å². The van der Waals surface area contributed by atoms with E-state index in [4.69, 9.17) is 9.15 Å². The molecule has 6 nitrogen and oxygen atoms in total. The Labute approximate surface area is 193 Å². The molecule has 2 fully saturated rings. The molecule has 0 bridgehead atoms. The average Bonchev–Trinajstić information content (AvgIpc) is 3.23. The van der Waals surface area contributed by atoms with Gasteiger partial charge in [-0.15, -0.1) is 24.0 Å². The molecule has 166 valence electrons. The van der Waals surface area contributed by atoms with E-state index in [1.54, 1.807) is 13.4 Å². The zero-order valence-electron chi connectivity index (χ0n) is 18.1. The van der Waals surface area contributed by atoms with Crippen LogP contribution in [0.3, 0.4) is 0 Å². The molecule has 0 amide bonds. The van der Waals surface area contributed by atoms with Crippen LogP contribution in [-0.2, 0) is 11.2 Å². The molecule has 2 N–H and O–H groups in total. The van der Waals surface area contributed by atoms with Crippen molar-refractivity contribution in [3.8, 4) is 0 Å². The number of methoxy groups -OCH3 is 1. The second-order valence-electron chi connectivity index (χ2n) is 8.35. The molecule has 1 aromatic rings. The van der Waals surface area contributed by atoms with Gasteiger partial charge in [-0.3, -0.25) is 4.99 Å². The van der Waals surface area contributed by atoms with Crippen LogP contribution in [0.2, 0.25) is 0 Å². The minimum Gasteiger partial charge on any atom is -0.469 e. The number of hydrogen-bond donors (Lipinski definition) is 2. The van der Waals surface area contributed by atoms with Gasteiger partial charge in [-0.25, -0.2) is 0 Å². The van der Waals surface area contributed by atoms with E-state index in [9.17, 15) is 0 Å². The Balaban J connectivity index is 0.00000300. The van der Waals surface area contributed by atoms with Crippen LogP contribution in [0.1, 0.15) is 51.2 Å². The lowest BCUT2D eigenvalue weighted by Crippen LogP contribution is -2.49. The molecule has 0 spiro atoms. The van der Waals surface area contributed by atoms with Crippen LogP contribution >= 0.6 is 24.0 Å². The Hall–Kier alpha value is -0.800. The molecule has 1 aromatic heterocycles. The van der Waals surface area contributed by atoms with Gasteiger partial charge >= 0.3 is 0 Å². The van der Waals surface area contributed by atoms with Crippen LogP contribution in [-0.4, -0.2) is 62.8 Å². The Bertz CT molecular complexity index is 565. The summed E-state index contributed by atoms with van der Waals surface area (Å²) in [5, 5.41) is 7.12. The van der Waals surface area contributed by atoms with Gasteiger partial charge in [0.05, 0.1) is 19.4 Å². The van der Waals surface area contributed by atoms with Crippen molar-refractivity contribution in [3.63, 3.8) is 0 Å². The lowest BCUT2D eigenvalue weighted by molar-refractivity contribution is 0.105. The highest BCUT2D eigenvalue weighted by molar-refractivity contribution is 14.0. The van der Waals surface area contributed by atoms with Crippen molar-refractivity contribution < 1.29 is 9.15 Å². The fraction of sp³-hybridized carbons (Fsp3) is 0.773. The van der Waals surface area contributed by atoms with Crippen molar-refractivity contribution in [2.75, 3.05) is 39.9 Å². The Kier molecular flexibility index (Phi) is 11.4. The molecule has 0 atom stereocenters. The van der Waals surface area contributed by atoms with Gasteiger partial charge in [-0.05, 0) is 69.7 Å². The maximum atomic E-state index is 5.41. The number of piperidine rings is 1. The molecule has 1 aliphatic heterocycles. The van der Waals surface area contributed by atoms with Gasteiger partial charge in [0.15, 0.2) is 5.96 Å². The topological polar surface area (TPSA) is 62.0 Å². The van der Waals surface area contributed by atoms with Gasteiger partial charge in [0.25, 0.3) is 0 Å². The number of guanidine groups is 1. The standard InChI is InChI=1S/C22H38N4O2.HI/c1-18-10-14-26(15-11-18)20-7-5-19(6-8-20)25-22(24-13-17-27-2)23-12-9-21-4-3-16-28-21;/h3-4,16,18-20H,5-15,17H2,1-2H3,(H2,23,24,25);1H. The van der Waals surface area contributed by atoms with Gasteiger partial charge in [0.2, 0.25) is 0 Å². The molecule has 1 saturated heterocycles. The van der Waals surface area contributed by atoms with Crippen LogP contribution < -0.4 is 10.6 Å². The highest BCUT2D eigenvalue weighted by Gasteiger charge is 2.28. The average molecular weight is 518 g/mol. The second kappa shape index (κ2) is 13.5. The zero-order chi connectivity index (χ0) is 19.6. The highest BCUT2D eigenvalue weighted by Crippen LogP contribution is 2.27. The third kappa shape index (κ3) is 8.45. The first kappa shape index (κ1) is 24.5. The lowest BCUT2D eigenvalue weighted by Gasteiger charge is -2.40. The van der Waals surface area contributed by atoms with Crippen molar-refractivity contribution in [3.05, 3.63) is 24.2 Å². The van der Waals surface area contributed by atoms with Crippen LogP contribution in [0, 0.1) is 5.92 Å². The molecular weight excluding hydrogens is 479 g/mol. The second-order valence-corrected chi connectivity index (χ2v) is 8.35. The summed E-state index contributed by atoms with van der Waals surface area (Å²) in [5.74, 6) is 2.81. The van der Waals surface area contributed by atoms with E-state index >= 15 is 0 Å². The van der Waals surface area contributed by atoms with Gasteiger partial charge in [-0.2, -0.15) is 0 Å². The first-order valence-electron chi connectivity index (χ1n) is 11.0. The van der Waals surface area contributed by atoms with Gasteiger partial charge < -0.3 is 24.7 Å². The molecule has 0 aromatic carbocycles. The number of nitrogens with one attached hydrogen (secondary N) is 2. The monoisotopic (exact) mass is 518 g/mol. The number of hydrogen-bond acceptors (Lipinski definition) is 4. The van der Waals surface area contributed by atoms with E-state index in [-0.39, 0.29) is 24.0 Å². The fourth-order valence-corrected chi connectivity index (χ4v) is 4.33. The van der Waals surface area contributed by atoms with Crippen LogP contribution in [0.25, 0.3) is 0 Å². The maximum absolute atomic E-state index is 5.41. The van der Waals surface area contributed by atoms with Crippen molar-refractivity contribution >= 4 is 29.9 Å². The van der Waals surface area contributed by atoms with Crippen molar-refractivity contribution in [2.45, 2.75) is 64.0 Å². The van der Waals surface area contributed by atoms with E-state index in [0.717, 1.165) is 36.6 Å². The minimum atomic E-state index is 0. The summed E-state index contributed by atoms with van der Waals surface area (Å²) in [6, 6.07) is 5.24. The normalized spacial score (nSPS) is 24.1. The maximum Gasteiger partial charge on any atom is 0.191 e. The molecule has 1 aliphatic carbocycles. The first-order valence-corrected chi connectivity index (χ1v) is 11.0. The molecule has 29 heavy (non-hydrogen) atoms. The molecule has 2 aliphatic rings. The highest BCUT2D eigenvalue weighted by atomic mass is 127.